The Kier molecular flexibility index (Phi) is 7.73. The molecule has 3 aromatic rings. The molecule has 2 aromatic heterocycles. The molecule has 38 heavy (non-hydrogen) atoms. The number of hydrogen-bond donors (Lipinski definition) is 2. The van der Waals surface area contributed by atoms with Gasteiger partial charge in [0.2, 0.25) is 0 Å². The SMILES string of the molecule is N#CC(=CN)c1ncc(C2=CCNCC2)cc1-c1ccc(N2CCN(Cc3c(F)cccc3F)CC2)nc1. The Morgan fingerprint density at radius 3 is 2.45 bits per heavy atom. The van der Waals surface area contributed by atoms with E-state index in [1.165, 1.54) is 30.0 Å². The lowest BCUT2D eigenvalue weighted by atomic mass is 9.95. The van der Waals surface area contributed by atoms with Gasteiger partial charge in [0.25, 0.3) is 0 Å². The zero-order chi connectivity index (χ0) is 26.5. The van der Waals surface area contributed by atoms with Gasteiger partial charge in [-0.1, -0.05) is 12.1 Å². The maximum atomic E-state index is 14.1. The Morgan fingerprint density at radius 1 is 1.05 bits per heavy atom. The summed E-state index contributed by atoms with van der Waals surface area (Å²) in [5.74, 6) is -0.196. The first-order valence-electron chi connectivity index (χ1n) is 12.7. The topological polar surface area (TPSA) is 94.1 Å². The van der Waals surface area contributed by atoms with Gasteiger partial charge in [-0.25, -0.2) is 13.8 Å². The van der Waals surface area contributed by atoms with Gasteiger partial charge in [0.1, 0.15) is 23.5 Å². The molecule has 0 unspecified atom stereocenters. The third kappa shape index (κ3) is 5.42. The van der Waals surface area contributed by atoms with Crippen LogP contribution in [0.3, 0.4) is 0 Å². The third-order valence-corrected chi connectivity index (χ3v) is 7.06. The first-order valence-corrected chi connectivity index (χ1v) is 12.7. The minimum atomic E-state index is -0.511. The first-order chi connectivity index (χ1) is 18.6. The van der Waals surface area contributed by atoms with Crippen LogP contribution < -0.4 is 16.0 Å². The molecule has 0 radical (unpaired) electrons. The lowest BCUT2D eigenvalue weighted by molar-refractivity contribution is 0.242. The Hall–Kier alpha value is -4.13. The van der Waals surface area contributed by atoms with Crippen molar-refractivity contribution >= 4 is 17.0 Å². The highest BCUT2D eigenvalue weighted by Gasteiger charge is 2.21. The van der Waals surface area contributed by atoms with Crippen molar-refractivity contribution < 1.29 is 8.78 Å². The maximum Gasteiger partial charge on any atom is 0.130 e. The molecule has 194 valence electrons. The summed E-state index contributed by atoms with van der Waals surface area (Å²) in [6.45, 7) is 4.70. The minimum absolute atomic E-state index is 0.110. The summed E-state index contributed by atoms with van der Waals surface area (Å²) in [6, 6.07) is 12.1. The largest absolute Gasteiger partial charge is 0.403 e. The van der Waals surface area contributed by atoms with Gasteiger partial charge >= 0.3 is 0 Å². The number of rotatable bonds is 6. The summed E-state index contributed by atoms with van der Waals surface area (Å²) in [4.78, 5) is 13.5. The summed E-state index contributed by atoms with van der Waals surface area (Å²) < 4.78 is 28.1. The Labute approximate surface area is 220 Å². The van der Waals surface area contributed by atoms with Crippen LogP contribution in [-0.4, -0.2) is 54.1 Å². The normalized spacial score (nSPS) is 16.7. The van der Waals surface area contributed by atoms with E-state index in [2.05, 4.69) is 33.4 Å². The van der Waals surface area contributed by atoms with Crippen molar-refractivity contribution in [3.05, 3.63) is 89.5 Å². The molecular weight excluding hydrogens is 484 g/mol. The molecule has 0 aliphatic carbocycles. The molecule has 1 saturated heterocycles. The number of aromatic nitrogens is 2. The van der Waals surface area contributed by atoms with Crippen molar-refractivity contribution in [1.29, 1.82) is 5.26 Å². The van der Waals surface area contributed by atoms with Crippen LogP contribution in [0, 0.1) is 23.0 Å². The standard InChI is InChI=1S/C29H29F2N7/c30-26-2-1-3-27(31)25(26)19-37-10-12-38(13-11-37)28-5-4-21(17-35-28)24-14-22(20-6-8-34-9-7-20)18-36-29(24)23(15-32)16-33/h1-6,14-15,17-18,34H,7-13,19,32H2. The second-order valence-electron chi connectivity index (χ2n) is 9.36. The van der Waals surface area contributed by atoms with Crippen LogP contribution in [0.1, 0.15) is 23.2 Å². The van der Waals surface area contributed by atoms with Gasteiger partial charge in [0.05, 0.1) is 11.3 Å². The van der Waals surface area contributed by atoms with Crippen LogP contribution in [-0.2, 0) is 6.54 Å². The van der Waals surface area contributed by atoms with Gasteiger partial charge in [-0.2, -0.15) is 5.26 Å². The van der Waals surface area contributed by atoms with Crippen molar-refractivity contribution in [3.8, 4) is 17.2 Å². The van der Waals surface area contributed by atoms with Gasteiger partial charge in [0.15, 0.2) is 0 Å². The van der Waals surface area contributed by atoms with Crippen molar-refractivity contribution in [2.24, 2.45) is 5.73 Å². The molecule has 2 aliphatic heterocycles. The predicted molar refractivity (Wildman–Crippen MR) is 145 cm³/mol. The zero-order valence-corrected chi connectivity index (χ0v) is 21.0. The number of allylic oxidation sites excluding steroid dienone is 1. The molecule has 0 bridgehead atoms. The van der Waals surface area contributed by atoms with Crippen molar-refractivity contribution in [1.82, 2.24) is 20.2 Å². The van der Waals surface area contributed by atoms with E-state index < -0.39 is 11.6 Å². The summed E-state index contributed by atoms with van der Waals surface area (Å²) in [7, 11) is 0. The summed E-state index contributed by atoms with van der Waals surface area (Å²) in [6.07, 6.45) is 7.94. The molecule has 0 atom stereocenters. The third-order valence-electron chi connectivity index (χ3n) is 7.06. The number of nitriles is 1. The molecule has 2 aliphatic rings. The summed E-state index contributed by atoms with van der Waals surface area (Å²) >= 11 is 0. The highest BCUT2D eigenvalue weighted by molar-refractivity contribution is 5.86. The minimum Gasteiger partial charge on any atom is -0.403 e. The fraction of sp³-hybridized carbons (Fsp3) is 0.276. The van der Waals surface area contributed by atoms with Crippen LogP contribution in [0.5, 0.6) is 0 Å². The van der Waals surface area contributed by atoms with Gasteiger partial charge in [-0.05, 0) is 54.4 Å². The number of nitrogens with zero attached hydrogens (tertiary/aromatic N) is 5. The summed E-state index contributed by atoms with van der Waals surface area (Å²) in [5, 5.41) is 12.9. The molecule has 0 spiro atoms. The number of pyridine rings is 2. The zero-order valence-electron chi connectivity index (χ0n) is 21.0. The molecule has 0 saturated carbocycles. The van der Waals surface area contributed by atoms with Gasteiger partial charge < -0.3 is 16.0 Å². The lowest BCUT2D eigenvalue weighted by Crippen LogP contribution is -2.46. The quantitative estimate of drug-likeness (QED) is 0.482. The number of hydrogen-bond acceptors (Lipinski definition) is 7. The molecular formula is C29H29F2N7. The van der Waals surface area contributed by atoms with Gasteiger partial charge in [-0.3, -0.25) is 9.88 Å². The van der Waals surface area contributed by atoms with E-state index in [1.54, 1.807) is 12.4 Å². The van der Waals surface area contributed by atoms with E-state index in [1.807, 2.05) is 17.0 Å². The van der Waals surface area contributed by atoms with Crippen LogP contribution in [0.2, 0.25) is 0 Å². The van der Waals surface area contributed by atoms with Gasteiger partial charge in [-0.15, -0.1) is 0 Å². The average molecular weight is 514 g/mol. The summed E-state index contributed by atoms with van der Waals surface area (Å²) in [5.41, 5.74) is 10.6. The van der Waals surface area contributed by atoms with E-state index in [9.17, 15) is 14.0 Å². The number of benzene rings is 1. The maximum absolute atomic E-state index is 14.1. The number of nitrogens with one attached hydrogen (secondary N) is 1. The van der Waals surface area contributed by atoms with Crippen molar-refractivity contribution in [2.45, 2.75) is 13.0 Å². The highest BCUT2D eigenvalue weighted by Crippen LogP contribution is 2.31. The second kappa shape index (κ2) is 11.5. The molecule has 1 fully saturated rings. The fourth-order valence-corrected chi connectivity index (χ4v) is 4.90. The first kappa shape index (κ1) is 25.5. The van der Waals surface area contributed by atoms with Crippen LogP contribution in [0.4, 0.5) is 14.6 Å². The Morgan fingerprint density at radius 2 is 1.82 bits per heavy atom. The predicted octanol–water partition coefficient (Wildman–Crippen LogP) is 3.94. The van der Waals surface area contributed by atoms with E-state index in [0.717, 1.165) is 42.0 Å². The molecule has 0 amide bonds. The monoisotopic (exact) mass is 513 g/mol. The smallest absolute Gasteiger partial charge is 0.130 e. The van der Waals surface area contributed by atoms with E-state index in [-0.39, 0.29) is 12.1 Å². The van der Waals surface area contributed by atoms with Gasteiger partial charge in [0, 0.05) is 74.6 Å². The molecule has 9 heteroatoms. The average Bonchev–Trinajstić information content (AvgIpc) is 2.97. The highest BCUT2D eigenvalue weighted by atomic mass is 19.1. The van der Waals surface area contributed by atoms with E-state index >= 15 is 0 Å². The molecule has 4 heterocycles. The molecule has 3 N–H and O–H groups in total. The molecule has 7 nitrogen and oxygen atoms in total. The Bertz CT molecular complexity index is 1380. The van der Waals surface area contributed by atoms with E-state index in [4.69, 9.17) is 10.7 Å². The fourth-order valence-electron chi connectivity index (χ4n) is 4.90. The number of halogens is 2. The second-order valence-corrected chi connectivity index (χ2v) is 9.36. The Balaban J connectivity index is 1.33. The number of piperazine rings is 1. The van der Waals surface area contributed by atoms with Crippen LogP contribution in [0.15, 0.2) is 61.1 Å². The number of anilines is 1. The van der Waals surface area contributed by atoms with E-state index in [0.29, 0.717) is 37.4 Å². The molecule has 1 aromatic carbocycles. The number of nitrogens with two attached hydrogens (primary N) is 1. The molecule has 5 rings (SSSR count). The lowest BCUT2D eigenvalue weighted by Gasteiger charge is -2.35. The van der Waals surface area contributed by atoms with Crippen LogP contribution in [0.25, 0.3) is 22.3 Å². The van der Waals surface area contributed by atoms with Crippen molar-refractivity contribution in [3.63, 3.8) is 0 Å². The van der Waals surface area contributed by atoms with Crippen molar-refractivity contribution in [2.75, 3.05) is 44.2 Å². The van der Waals surface area contributed by atoms with Crippen LogP contribution >= 0.6 is 0 Å².